The Labute approximate surface area is 165 Å². The van der Waals surface area contributed by atoms with Crippen molar-refractivity contribution in [2.24, 2.45) is 0 Å². The standard InChI is InChI=1S/C22H14Cl2O3/c23-15-7-5-14(6-8-15)12-26-16-9-10-18-21(11-16)27-13-19(22(18)25)17-3-1-2-4-20(17)24/h1-11,13H,12H2. The predicted octanol–water partition coefficient (Wildman–Crippen LogP) is 6.35. The second kappa shape index (κ2) is 7.47. The largest absolute Gasteiger partial charge is 0.489 e. The smallest absolute Gasteiger partial charge is 0.200 e. The maximum atomic E-state index is 12.8. The van der Waals surface area contributed by atoms with E-state index in [-0.39, 0.29) is 5.43 Å². The van der Waals surface area contributed by atoms with E-state index in [1.54, 1.807) is 30.3 Å². The molecule has 3 nitrogen and oxygen atoms in total. The van der Waals surface area contributed by atoms with Crippen LogP contribution in [0.25, 0.3) is 22.1 Å². The van der Waals surface area contributed by atoms with Gasteiger partial charge < -0.3 is 9.15 Å². The number of hydrogen-bond donors (Lipinski definition) is 0. The number of fused-ring (bicyclic) bond motifs is 1. The summed E-state index contributed by atoms with van der Waals surface area (Å²) in [6, 6.07) is 19.8. The molecule has 3 aromatic carbocycles. The lowest BCUT2D eigenvalue weighted by Gasteiger charge is -2.08. The van der Waals surface area contributed by atoms with Crippen LogP contribution in [0.1, 0.15) is 5.56 Å². The summed E-state index contributed by atoms with van der Waals surface area (Å²) in [5.74, 6) is 0.617. The molecule has 0 saturated heterocycles. The molecule has 134 valence electrons. The Hall–Kier alpha value is -2.75. The van der Waals surface area contributed by atoms with E-state index in [4.69, 9.17) is 32.4 Å². The lowest BCUT2D eigenvalue weighted by molar-refractivity contribution is 0.306. The molecule has 0 N–H and O–H groups in total. The summed E-state index contributed by atoms with van der Waals surface area (Å²) in [5, 5.41) is 1.67. The number of benzene rings is 3. The zero-order valence-electron chi connectivity index (χ0n) is 14.1. The van der Waals surface area contributed by atoms with Gasteiger partial charge in [-0.05, 0) is 35.9 Å². The third-order valence-electron chi connectivity index (χ3n) is 4.23. The van der Waals surface area contributed by atoms with E-state index in [1.807, 2.05) is 36.4 Å². The van der Waals surface area contributed by atoms with Crippen molar-refractivity contribution >= 4 is 34.2 Å². The van der Waals surface area contributed by atoms with Crippen molar-refractivity contribution in [1.29, 1.82) is 0 Å². The van der Waals surface area contributed by atoms with Gasteiger partial charge in [0.2, 0.25) is 5.43 Å². The second-order valence-corrected chi connectivity index (χ2v) is 6.88. The highest BCUT2D eigenvalue weighted by Crippen LogP contribution is 2.28. The van der Waals surface area contributed by atoms with Gasteiger partial charge in [0, 0.05) is 21.7 Å². The molecule has 4 aromatic rings. The summed E-state index contributed by atoms with van der Waals surface area (Å²) < 4.78 is 11.5. The minimum atomic E-state index is -0.131. The SMILES string of the molecule is O=c1c(-c2ccccc2Cl)coc2cc(OCc3ccc(Cl)cc3)ccc12. The van der Waals surface area contributed by atoms with Crippen LogP contribution in [-0.4, -0.2) is 0 Å². The van der Waals surface area contributed by atoms with Gasteiger partial charge in [0.25, 0.3) is 0 Å². The molecule has 0 amide bonds. The molecule has 27 heavy (non-hydrogen) atoms. The van der Waals surface area contributed by atoms with Gasteiger partial charge in [0.05, 0.1) is 10.9 Å². The number of rotatable bonds is 4. The molecular formula is C22H14Cl2O3. The van der Waals surface area contributed by atoms with Crippen molar-refractivity contribution in [3.8, 4) is 16.9 Å². The Bertz CT molecular complexity index is 1160. The van der Waals surface area contributed by atoms with Gasteiger partial charge in [-0.2, -0.15) is 0 Å². The molecule has 0 bridgehead atoms. The van der Waals surface area contributed by atoms with Crippen LogP contribution in [0.2, 0.25) is 10.0 Å². The van der Waals surface area contributed by atoms with E-state index >= 15 is 0 Å². The van der Waals surface area contributed by atoms with E-state index < -0.39 is 0 Å². The van der Waals surface area contributed by atoms with Crippen LogP contribution in [-0.2, 0) is 6.61 Å². The lowest BCUT2D eigenvalue weighted by atomic mass is 10.1. The monoisotopic (exact) mass is 396 g/mol. The van der Waals surface area contributed by atoms with E-state index in [1.165, 1.54) is 6.26 Å². The van der Waals surface area contributed by atoms with Crippen molar-refractivity contribution in [2.75, 3.05) is 0 Å². The van der Waals surface area contributed by atoms with E-state index in [0.717, 1.165) is 5.56 Å². The number of ether oxygens (including phenoxy) is 1. The minimum absolute atomic E-state index is 0.131. The lowest BCUT2D eigenvalue weighted by Crippen LogP contribution is -2.05. The van der Waals surface area contributed by atoms with Gasteiger partial charge >= 0.3 is 0 Å². The highest BCUT2D eigenvalue weighted by atomic mass is 35.5. The molecule has 5 heteroatoms. The maximum Gasteiger partial charge on any atom is 0.200 e. The van der Waals surface area contributed by atoms with Crippen LogP contribution in [0, 0.1) is 0 Å². The molecule has 0 fully saturated rings. The first-order chi connectivity index (χ1) is 13.1. The zero-order valence-corrected chi connectivity index (χ0v) is 15.6. The van der Waals surface area contributed by atoms with E-state index in [0.29, 0.717) is 44.5 Å². The number of hydrogen-bond acceptors (Lipinski definition) is 3. The molecule has 0 unspecified atom stereocenters. The van der Waals surface area contributed by atoms with Crippen molar-refractivity contribution in [1.82, 2.24) is 0 Å². The Morgan fingerprint density at radius 1 is 0.889 bits per heavy atom. The Balaban J connectivity index is 1.64. The molecule has 0 saturated carbocycles. The van der Waals surface area contributed by atoms with Crippen molar-refractivity contribution in [2.45, 2.75) is 6.61 Å². The first kappa shape index (κ1) is 17.7. The van der Waals surface area contributed by atoms with Gasteiger partial charge in [0.1, 0.15) is 24.2 Å². The van der Waals surface area contributed by atoms with Crippen molar-refractivity contribution < 1.29 is 9.15 Å². The molecule has 0 radical (unpaired) electrons. The van der Waals surface area contributed by atoms with Crippen LogP contribution < -0.4 is 10.2 Å². The summed E-state index contributed by atoms with van der Waals surface area (Å²) in [6.07, 6.45) is 1.44. The van der Waals surface area contributed by atoms with Gasteiger partial charge in [-0.3, -0.25) is 4.79 Å². The van der Waals surface area contributed by atoms with E-state index in [9.17, 15) is 4.79 Å². The Morgan fingerprint density at radius 2 is 1.67 bits per heavy atom. The first-order valence-corrected chi connectivity index (χ1v) is 9.05. The molecule has 0 aliphatic heterocycles. The fourth-order valence-electron chi connectivity index (χ4n) is 2.81. The Kier molecular flexibility index (Phi) is 4.88. The average Bonchev–Trinajstić information content (AvgIpc) is 2.69. The molecular weight excluding hydrogens is 383 g/mol. The van der Waals surface area contributed by atoms with Crippen LogP contribution in [0.4, 0.5) is 0 Å². The quantitative estimate of drug-likeness (QED) is 0.403. The third-order valence-corrected chi connectivity index (χ3v) is 4.81. The number of halogens is 2. The fourth-order valence-corrected chi connectivity index (χ4v) is 3.17. The summed E-state index contributed by atoms with van der Waals surface area (Å²) in [5.41, 5.74) is 2.41. The average molecular weight is 397 g/mol. The van der Waals surface area contributed by atoms with Crippen LogP contribution in [0.3, 0.4) is 0 Å². The topological polar surface area (TPSA) is 39.4 Å². The Morgan fingerprint density at radius 3 is 2.44 bits per heavy atom. The van der Waals surface area contributed by atoms with E-state index in [2.05, 4.69) is 0 Å². The van der Waals surface area contributed by atoms with Crippen LogP contribution >= 0.6 is 23.2 Å². The zero-order chi connectivity index (χ0) is 18.8. The molecule has 0 atom stereocenters. The first-order valence-electron chi connectivity index (χ1n) is 8.29. The normalized spacial score (nSPS) is 10.9. The predicted molar refractivity (Wildman–Crippen MR) is 109 cm³/mol. The van der Waals surface area contributed by atoms with Gasteiger partial charge in [-0.25, -0.2) is 0 Å². The third kappa shape index (κ3) is 3.70. The van der Waals surface area contributed by atoms with Crippen LogP contribution in [0.5, 0.6) is 5.75 Å². The highest BCUT2D eigenvalue weighted by Gasteiger charge is 2.12. The molecule has 0 aliphatic carbocycles. The second-order valence-electron chi connectivity index (χ2n) is 6.03. The highest BCUT2D eigenvalue weighted by molar-refractivity contribution is 6.33. The molecule has 0 spiro atoms. The van der Waals surface area contributed by atoms with Gasteiger partial charge in [-0.1, -0.05) is 53.5 Å². The van der Waals surface area contributed by atoms with Crippen molar-refractivity contribution in [3.63, 3.8) is 0 Å². The molecule has 1 aromatic heterocycles. The molecule has 1 heterocycles. The van der Waals surface area contributed by atoms with Crippen LogP contribution in [0.15, 0.2) is 82.2 Å². The summed E-state index contributed by atoms with van der Waals surface area (Å²) >= 11 is 12.1. The maximum absolute atomic E-state index is 12.8. The van der Waals surface area contributed by atoms with Gasteiger partial charge in [-0.15, -0.1) is 0 Å². The molecule has 4 rings (SSSR count). The minimum Gasteiger partial charge on any atom is -0.489 e. The fraction of sp³-hybridized carbons (Fsp3) is 0.0455. The van der Waals surface area contributed by atoms with Crippen molar-refractivity contribution in [3.05, 3.63) is 98.8 Å². The summed E-state index contributed by atoms with van der Waals surface area (Å²) in [4.78, 5) is 12.8. The summed E-state index contributed by atoms with van der Waals surface area (Å²) in [6.45, 7) is 0.393. The summed E-state index contributed by atoms with van der Waals surface area (Å²) in [7, 11) is 0. The van der Waals surface area contributed by atoms with Gasteiger partial charge in [0.15, 0.2) is 0 Å². The molecule has 0 aliphatic rings.